The van der Waals surface area contributed by atoms with Crippen molar-refractivity contribution in [2.24, 2.45) is 5.92 Å². The molecule has 1 aliphatic heterocycles. The lowest BCUT2D eigenvalue weighted by molar-refractivity contribution is -0.123. The van der Waals surface area contributed by atoms with E-state index >= 15 is 0 Å². The molecule has 0 radical (unpaired) electrons. The zero-order valence-corrected chi connectivity index (χ0v) is 7.91. The van der Waals surface area contributed by atoms with Crippen molar-refractivity contribution in [3.8, 4) is 0 Å². The highest BCUT2D eigenvalue weighted by molar-refractivity contribution is 5.82. The average Bonchev–Trinajstić information content (AvgIpc) is 2.50. The first-order valence-corrected chi connectivity index (χ1v) is 4.62. The SMILES string of the molecule is CC(=O)NC1CC(=O)NC2=CC=CC21. The summed E-state index contributed by atoms with van der Waals surface area (Å²) in [6, 6.07) is -0.0914. The highest BCUT2D eigenvalue weighted by atomic mass is 16.2. The summed E-state index contributed by atoms with van der Waals surface area (Å²) in [6.45, 7) is 1.47. The number of amides is 2. The van der Waals surface area contributed by atoms with Crippen molar-refractivity contribution in [2.75, 3.05) is 0 Å². The van der Waals surface area contributed by atoms with Crippen molar-refractivity contribution in [1.29, 1.82) is 0 Å². The van der Waals surface area contributed by atoms with E-state index in [0.29, 0.717) is 6.42 Å². The Bertz CT molecular complexity index is 342. The maximum atomic E-state index is 11.3. The minimum Gasteiger partial charge on any atom is -0.352 e. The molecule has 2 N–H and O–H groups in total. The summed E-state index contributed by atoms with van der Waals surface area (Å²) in [5.41, 5.74) is 0.889. The molecule has 0 aromatic rings. The molecule has 0 spiro atoms. The molecule has 0 aromatic carbocycles. The Hall–Kier alpha value is -1.58. The number of allylic oxidation sites excluding steroid dienone is 2. The van der Waals surface area contributed by atoms with Gasteiger partial charge in [-0.2, -0.15) is 0 Å². The van der Waals surface area contributed by atoms with Crippen molar-refractivity contribution in [3.63, 3.8) is 0 Å². The Morgan fingerprint density at radius 2 is 2.43 bits per heavy atom. The molecule has 1 heterocycles. The van der Waals surface area contributed by atoms with Gasteiger partial charge in [0.15, 0.2) is 0 Å². The van der Waals surface area contributed by atoms with Crippen LogP contribution in [-0.2, 0) is 9.59 Å². The molecule has 74 valence electrons. The largest absolute Gasteiger partial charge is 0.352 e. The number of hydrogen-bond donors (Lipinski definition) is 2. The molecule has 2 unspecified atom stereocenters. The lowest BCUT2D eigenvalue weighted by Gasteiger charge is -2.30. The van der Waals surface area contributed by atoms with Gasteiger partial charge in [-0.05, 0) is 6.08 Å². The zero-order chi connectivity index (χ0) is 10.1. The molecule has 2 amide bonds. The van der Waals surface area contributed by atoms with Gasteiger partial charge in [0, 0.05) is 31.0 Å². The normalized spacial score (nSPS) is 29.2. The standard InChI is InChI=1S/C10H12N2O2/c1-6(13)11-9-5-10(14)12-8-4-2-3-7(8)9/h2-4,7,9H,5H2,1H3,(H,11,13)(H,12,14). The van der Waals surface area contributed by atoms with Crippen LogP contribution in [0.4, 0.5) is 0 Å². The third-order valence-corrected chi connectivity index (χ3v) is 2.46. The Balaban J connectivity index is 2.15. The first-order chi connectivity index (χ1) is 6.66. The van der Waals surface area contributed by atoms with Gasteiger partial charge in [0.25, 0.3) is 0 Å². The quantitative estimate of drug-likeness (QED) is 0.618. The number of rotatable bonds is 1. The fraction of sp³-hybridized carbons (Fsp3) is 0.400. The first kappa shape index (κ1) is 8.99. The van der Waals surface area contributed by atoms with Crippen LogP contribution in [0.3, 0.4) is 0 Å². The Labute approximate surface area is 82.1 Å². The van der Waals surface area contributed by atoms with Crippen molar-refractivity contribution < 1.29 is 9.59 Å². The minimum atomic E-state index is -0.0932. The van der Waals surface area contributed by atoms with E-state index in [1.165, 1.54) is 6.92 Å². The van der Waals surface area contributed by atoms with Gasteiger partial charge in [-0.1, -0.05) is 12.2 Å². The van der Waals surface area contributed by atoms with Crippen LogP contribution in [0.1, 0.15) is 13.3 Å². The number of nitrogens with one attached hydrogen (secondary N) is 2. The second kappa shape index (κ2) is 3.29. The summed E-state index contributed by atoms with van der Waals surface area (Å²) in [4.78, 5) is 22.2. The van der Waals surface area contributed by atoms with Crippen LogP contribution in [0.2, 0.25) is 0 Å². The van der Waals surface area contributed by atoms with Gasteiger partial charge in [-0.15, -0.1) is 0 Å². The van der Waals surface area contributed by atoms with Crippen LogP contribution in [-0.4, -0.2) is 17.9 Å². The lowest BCUT2D eigenvalue weighted by atomic mass is 9.92. The maximum absolute atomic E-state index is 11.3. The third-order valence-electron chi connectivity index (χ3n) is 2.46. The third kappa shape index (κ3) is 1.55. The van der Waals surface area contributed by atoms with Gasteiger partial charge in [0.1, 0.15) is 0 Å². The molecule has 1 fully saturated rings. The summed E-state index contributed by atoms with van der Waals surface area (Å²) in [7, 11) is 0. The van der Waals surface area contributed by atoms with E-state index < -0.39 is 0 Å². The topological polar surface area (TPSA) is 58.2 Å². The van der Waals surface area contributed by atoms with E-state index in [2.05, 4.69) is 10.6 Å². The summed E-state index contributed by atoms with van der Waals surface area (Å²) in [6.07, 6.45) is 6.12. The number of piperidine rings is 1. The minimum absolute atomic E-state index is 0.0325. The van der Waals surface area contributed by atoms with Gasteiger partial charge >= 0.3 is 0 Å². The maximum Gasteiger partial charge on any atom is 0.226 e. The van der Waals surface area contributed by atoms with Gasteiger partial charge in [0.2, 0.25) is 11.8 Å². The monoisotopic (exact) mass is 192 g/mol. The van der Waals surface area contributed by atoms with Crippen LogP contribution in [0, 0.1) is 5.92 Å². The van der Waals surface area contributed by atoms with Crippen LogP contribution >= 0.6 is 0 Å². The van der Waals surface area contributed by atoms with Crippen molar-refractivity contribution >= 4 is 11.8 Å². The van der Waals surface area contributed by atoms with Gasteiger partial charge in [0.05, 0.1) is 0 Å². The first-order valence-electron chi connectivity index (χ1n) is 4.62. The molecule has 0 bridgehead atoms. The van der Waals surface area contributed by atoms with Gasteiger partial charge in [-0.25, -0.2) is 0 Å². The molecule has 4 nitrogen and oxygen atoms in total. The van der Waals surface area contributed by atoms with Crippen molar-refractivity contribution in [2.45, 2.75) is 19.4 Å². The van der Waals surface area contributed by atoms with Crippen molar-refractivity contribution in [3.05, 3.63) is 23.9 Å². The molecule has 14 heavy (non-hydrogen) atoms. The summed E-state index contributed by atoms with van der Waals surface area (Å²) in [5.74, 6) is 0.0101. The molecule has 2 rings (SSSR count). The second-order valence-electron chi connectivity index (χ2n) is 3.59. The van der Waals surface area contributed by atoms with Crippen LogP contribution in [0.15, 0.2) is 23.9 Å². The number of hydrogen-bond acceptors (Lipinski definition) is 2. The van der Waals surface area contributed by atoms with E-state index in [4.69, 9.17) is 0 Å². The Morgan fingerprint density at radius 1 is 1.64 bits per heavy atom. The summed E-state index contributed by atoms with van der Waals surface area (Å²) in [5, 5.41) is 5.58. The van der Waals surface area contributed by atoms with Crippen molar-refractivity contribution in [1.82, 2.24) is 10.6 Å². The van der Waals surface area contributed by atoms with Crippen LogP contribution in [0.25, 0.3) is 0 Å². The molecule has 0 aromatic heterocycles. The second-order valence-corrected chi connectivity index (χ2v) is 3.59. The predicted molar refractivity (Wildman–Crippen MR) is 51.1 cm³/mol. The molecule has 0 saturated carbocycles. The number of fused-ring (bicyclic) bond motifs is 1. The Kier molecular flexibility index (Phi) is 2.11. The number of carbonyl (C=O) groups is 2. The fourth-order valence-corrected chi connectivity index (χ4v) is 1.91. The average molecular weight is 192 g/mol. The molecule has 1 saturated heterocycles. The fourth-order valence-electron chi connectivity index (χ4n) is 1.91. The Morgan fingerprint density at radius 3 is 3.14 bits per heavy atom. The molecule has 2 aliphatic rings. The predicted octanol–water partition coefficient (Wildman–Crippen LogP) is 0.0809. The highest BCUT2D eigenvalue weighted by Crippen LogP contribution is 2.26. The molecular formula is C10H12N2O2. The van der Waals surface area contributed by atoms with Gasteiger partial charge < -0.3 is 10.6 Å². The smallest absolute Gasteiger partial charge is 0.226 e. The molecule has 2 atom stereocenters. The van der Waals surface area contributed by atoms with E-state index in [0.717, 1.165) is 5.70 Å². The van der Waals surface area contributed by atoms with Crippen LogP contribution in [0.5, 0.6) is 0 Å². The van der Waals surface area contributed by atoms with E-state index in [-0.39, 0.29) is 23.8 Å². The molecule has 4 heteroatoms. The zero-order valence-electron chi connectivity index (χ0n) is 7.91. The summed E-state index contributed by atoms with van der Waals surface area (Å²) >= 11 is 0. The molecule has 1 aliphatic carbocycles. The lowest BCUT2D eigenvalue weighted by Crippen LogP contribution is -2.48. The number of carbonyl (C=O) groups excluding carboxylic acids is 2. The van der Waals surface area contributed by atoms with E-state index in [1.54, 1.807) is 0 Å². The van der Waals surface area contributed by atoms with E-state index in [9.17, 15) is 9.59 Å². The highest BCUT2D eigenvalue weighted by Gasteiger charge is 2.32. The van der Waals surface area contributed by atoms with Gasteiger partial charge in [-0.3, -0.25) is 9.59 Å². The van der Waals surface area contributed by atoms with E-state index in [1.807, 2.05) is 18.2 Å². The molecular weight excluding hydrogens is 180 g/mol. The summed E-state index contributed by atoms with van der Waals surface area (Å²) < 4.78 is 0. The van der Waals surface area contributed by atoms with Crippen LogP contribution < -0.4 is 10.6 Å².